The number of halogens is 1. The molecule has 19 heavy (non-hydrogen) atoms. The average molecular weight is 320 g/mol. The van der Waals surface area contributed by atoms with Crippen LogP contribution in [0.3, 0.4) is 0 Å². The van der Waals surface area contributed by atoms with Gasteiger partial charge in [-0.25, -0.2) is 4.98 Å². The van der Waals surface area contributed by atoms with Crippen LogP contribution in [0.2, 0.25) is 0 Å². The van der Waals surface area contributed by atoms with E-state index in [1.165, 1.54) is 18.7 Å². The maximum absolute atomic E-state index is 4.27. The van der Waals surface area contributed by atoms with Gasteiger partial charge in [-0.1, -0.05) is 28.1 Å². The van der Waals surface area contributed by atoms with Gasteiger partial charge in [0.1, 0.15) is 5.82 Å². The minimum Gasteiger partial charge on any atom is -0.335 e. The zero-order valence-corrected chi connectivity index (χ0v) is 12.7. The van der Waals surface area contributed by atoms with Gasteiger partial charge in [0.05, 0.1) is 0 Å². The molecule has 0 aliphatic carbocycles. The molecule has 1 aromatic carbocycles. The summed E-state index contributed by atoms with van der Waals surface area (Å²) in [6.45, 7) is 6.59. The van der Waals surface area contributed by atoms with E-state index >= 15 is 0 Å². The first-order valence-electron chi connectivity index (χ1n) is 6.65. The molecule has 1 aliphatic rings. The summed E-state index contributed by atoms with van der Waals surface area (Å²) in [4.78, 5) is 6.77. The van der Waals surface area contributed by atoms with Gasteiger partial charge in [0.2, 0.25) is 0 Å². The van der Waals surface area contributed by atoms with Gasteiger partial charge in [-0.15, -0.1) is 0 Å². The lowest BCUT2D eigenvalue weighted by Crippen LogP contribution is -2.47. The number of nitrogens with zero attached hydrogens (tertiary/aromatic N) is 3. The first-order valence-corrected chi connectivity index (χ1v) is 7.44. The first kappa shape index (κ1) is 12.9. The molecule has 3 nitrogen and oxygen atoms in total. The van der Waals surface area contributed by atoms with Crippen LogP contribution < -0.4 is 0 Å². The molecule has 0 bridgehead atoms. The second-order valence-electron chi connectivity index (χ2n) is 5.32. The SMILES string of the molecule is Cc1nccn1CC1CN(Cc2cccc(Br)c2)C1. The van der Waals surface area contributed by atoms with Gasteiger partial charge in [0, 0.05) is 49.0 Å². The molecule has 0 unspecified atom stereocenters. The Morgan fingerprint density at radius 2 is 2.21 bits per heavy atom. The van der Waals surface area contributed by atoms with Crippen LogP contribution in [0, 0.1) is 12.8 Å². The quantitative estimate of drug-likeness (QED) is 0.863. The molecule has 0 N–H and O–H groups in total. The third kappa shape index (κ3) is 3.07. The molecule has 0 amide bonds. The Morgan fingerprint density at radius 3 is 2.89 bits per heavy atom. The summed E-state index contributed by atoms with van der Waals surface area (Å²) in [6, 6.07) is 8.57. The summed E-state index contributed by atoms with van der Waals surface area (Å²) in [7, 11) is 0. The number of aromatic nitrogens is 2. The molecule has 0 atom stereocenters. The Morgan fingerprint density at radius 1 is 1.37 bits per heavy atom. The van der Waals surface area contributed by atoms with Crippen LogP contribution >= 0.6 is 15.9 Å². The molecule has 0 spiro atoms. The fourth-order valence-corrected chi connectivity index (χ4v) is 3.14. The van der Waals surface area contributed by atoms with Crippen molar-refractivity contribution in [3.63, 3.8) is 0 Å². The third-order valence-electron chi connectivity index (χ3n) is 3.71. The van der Waals surface area contributed by atoms with Crippen LogP contribution in [0.15, 0.2) is 41.1 Å². The highest BCUT2D eigenvalue weighted by molar-refractivity contribution is 9.10. The predicted octanol–water partition coefficient (Wildman–Crippen LogP) is 3.09. The second kappa shape index (κ2) is 5.47. The van der Waals surface area contributed by atoms with Crippen molar-refractivity contribution in [2.45, 2.75) is 20.0 Å². The normalized spacial score (nSPS) is 16.5. The van der Waals surface area contributed by atoms with Crippen molar-refractivity contribution < 1.29 is 0 Å². The van der Waals surface area contributed by atoms with Gasteiger partial charge in [-0.05, 0) is 24.6 Å². The second-order valence-corrected chi connectivity index (χ2v) is 6.23. The topological polar surface area (TPSA) is 21.1 Å². The van der Waals surface area contributed by atoms with Crippen molar-refractivity contribution in [1.82, 2.24) is 14.5 Å². The van der Waals surface area contributed by atoms with Crippen molar-refractivity contribution in [3.05, 3.63) is 52.5 Å². The molecule has 0 radical (unpaired) electrons. The highest BCUT2D eigenvalue weighted by Crippen LogP contribution is 2.22. The van der Waals surface area contributed by atoms with Crippen LogP contribution in [0.5, 0.6) is 0 Å². The summed E-state index contributed by atoms with van der Waals surface area (Å²) in [5.74, 6) is 1.88. The lowest BCUT2D eigenvalue weighted by Gasteiger charge is -2.39. The Hall–Kier alpha value is -1.13. The number of rotatable bonds is 4. The van der Waals surface area contributed by atoms with Crippen LogP contribution in [-0.4, -0.2) is 27.5 Å². The van der Waals surface area contributed by atoms with Crippen LogP contribution in [0.4, 0.5) is 0 Å². The van der Waals surface area contributed by atoms with E-state index < -0.39 is 0 Å². The predicted molar refractivity (Wildman–Crippen MR) is 79.9 cm³/mol. The maximum atomic E-state index is 4.27. The molecule has 1 aliphatic heterocycles. The van der Waals surface area contributed by atoms with E-state index in [-0.39, 0.29) is 0 Å². The van der Waals surface area contributed by atoms with E-state index in [0.29, 0.717) is 0 Å². The van der Waals surface area contributed by atoms with Gasteiger partial charge in [-0.3, -0.25) is 4.90 Å². The zero-order valence-electron chi connectivity index (χ0n) is 11.1. The summed E-state index contributed by atoms with van der Waals surface area (Å²) in [6.07, 6.45) is 3.96. The standard InChI is InChI=1S/C15H18BrN3/c1-12-17-5-6-19(12)11-14-9-18(10-14)8-13-3-2-4-15(16)7-13/h2-7,14H,8-11H2,1H3. The smallest absolute Gasteiger partial charge is 0.105 e. The minimum absolute atomic E-state index is 0.764. The maximum Gasteiger partial charge on any atom is 0.105 e. The molecule has 1 fully saturated rings. The van der Waals surface area contributed by atoms with Crippen LogP contribution in [0.1, 0.15) is 11.4 Å². The zero-order chi connectivity index (χ0) is 13.2. The van der Waals surface area contributed by atoms with Crippen molar-refractivity contribution >= 4 is 15.9 Å². The van der Waals surface area contributed by atoms with Gasteiger partial charge in [-0.2, -0.15) is 0 Å². The largest absolute Gasteiger partial charge is 0.335 e. The van der Waals surface area contributed by atoms with Crippen LogP contribution in [-0.2, 0) is 13.1 Å². The van der Waals surface area contributed by atoms with Crippen molar-refractivity contribution in [1.29, 1.82) is 0 Å². The van der Waals surface area contributed by atoms with Gasteiger partial charge in [0.25, 0.3) is 0 Å². The molecular formula is C15H18BrN3. The van der Waals surface area contributed by atoms with E-state index in [1.54, 1.807) is 0 Å². The van der Waals surface area contributed by atoms with Gasteiger partial charge in [0.15, 0.2) is 0 Å². The van der Waals surface area contributed by atoms with Crippen molar-refractivity contribution in [2.24, 2.45) is 5.92 Å². The molecule has 100 valence electrons. The Balaban J connectivity index is 1.49. The average Bonchev–Trinajstić information content (AvgIpc) is 2.72. The van der Waals surface area contributed by atoms with Crippen molar-refractivity contribution in [2.75, 3.05) is 13.1 Å². The molecule has 3 rings (SSSR count). The molecule has 0 saturated carbocycles. The number of imidazole rings is 1. The van der Waals surface area contributed by atoms with E-state index in [2.05, 4.69) is 67.8 Å². The monoisotopic (exact) mass is 319 g/mol. The molecule has 2 aromatic rings. The highest BCUT2D eigenvalue weighted by atomic mass is 79.9. The highest BCUT2D eigenvalue weighted by Gasteiger charge is 2.26. The third-order valence-corrected chi connectivity index (χ3v) is 4.20. The molecule has 1 aromatic heterocycles. The number of likely N-dealkylation sites (tertiary alicyclic amines) is 1. The van der Waals surface area contributed by atoms with Crippen molar-refractivity contribution in [3.8, 4) is 0 Å². The minimum atomic E-state index is 0.764. The van der Waals surface area contributed by atoms with Gasteiger partial charge < -0.3 is 4.57 Å². The lowest BCUT2D eigenvalue weighted by atomic mass is 9.99. The van der Waals surface area contributed by atoms with E-state index in [0.717, 1.165) is 29.3 Å². The molecule has 1 saturated heterocycles. The van der Waals surface area contributed by atoms with E-state index in [1.807, 2.05) is 6.20 Å². The summed E-state index contributed by atoms with van der Waals surface area (Å²) in [5, 5.41) is 0. The molecule has 4 heteroatoms. The fraction of sp³-hybridized carbons (Fsp3) is 0.400. The molecular weight excluding hydrogens is 302 g/mol. The number of hydrogen-bond acceptors (Lipinski definition) is 2. The summed E-state index contributed by atoms with van der Waals surface area (Å²) < 4.78 is 3.41. The fourth-order valence-electron chi connectivity index (χ4n) is 2.69. The van der Waals surface area contributed by atoms with Gasteiger partial charge >= 0.3 is 0 Å². The summed E-state index contributed by atoms with van der Waals surface area (Å²) in [5.41, 5.74) is 1.38. The number of aryl methyl sites for hydroxylation is 1. The number of hydrogen-bond donors (Lipinski definition) is 0. The lowest BCUT2D eigenvalue weighted by molar-refractivity contribution is 0.0799. The molecule has 2 heterocycles. The first-order chi connectivity index (χ1) is 9.20. The summed E-state index contributed by atoms with van der Waals surface area (Å²) >= 11 is 3.52. The Bertz CT molecular complexity index is 558. The Labute approximate surface area is 122 Å². The van der Waals surface area contributed by atoms with E-state index in [4.69, 9.17) is 0 Å². The van der Waals surface area contributed by atoms with Crippen LogP contribution in [0.25, 0.3) is 0 Å². The van der Waals surface area contributed by atoms with E-state index in [9.17, 15) is 0 Å². The number of benzene rings is 1. The Kier molecular flexibility index (Phi) is 3.71.